The van der Waals surface area contributed by atoms with E-state index in [1.165, 1.54) is 17.5 Å². The highest BCUT2D eigenvalue weighted by atomic mass is 32.1. The summed E-state index contributed by atoms with van der Waals surface area (Å²) in [5.41, 5.74) is 2.76. The zero-order valence-electron chi connectivity index (χ0n) is 14.7. The number of ether oxygens (including phenoxy) is 3. The summed E-state index contributed by atoms with van der Waals surface area (Å²) in [7, 11) is 3.18. The molecule has 6 nitrogen and oxygen atoms in total. The van der Waals surface area contributed by atoms with Gasteiger partial charge >= 0.3 is 5.97 Å². The monoisotopic (exact) mass is 370 g/mol. The summed E-state index contributed by atoms with van der Waals surface area (Å²) < 4.78 is 16.1. The first-order chi connectivity index (χ1) is 12.6. The Morgan fingerprint density at radius 3 is 2.69 bits per heavy atom. The number of hydrogen-bond acceptors (Lipinski definition) is 7. The number of carbonyl (C=O) groups is 1. The van der Waals surface area contributed by atoms with E-state index in [1.807, 2.05) is 30.5 Å². The van der Waals surface area contributed by atoms with E-state index in [0.717, 1.165) is 16.3 Å². The minimum Gasteiger partial charge on any atom is -0.493 e. The third-order valence-electron chi connectivity index (χ3n) is 3.68. The quantitative estimate of drug-likeness (QED) is 0.613. The Kier molecular flexibility index (Phi) is 5.48. The highest BCUT2D eigenvalue weighted by Crippen LogP contribution is 2.39. The molecule has 26 heavy (non-hydrogen) atoms. The van der Waals surface area contributed by atoms with Crippen molar-refractivity contribution in [3.05, 3.63) is 58.9 Å². The van der Waals surface area contributed by atoms with E-state index < -0.39 is 5.97 Å². The largest absolute Gasteiger partial charge is 0.493 e. The van der Waals surface area contributed by atoms with E-state index in [2.05, 4.69) is 9.97 Å². The molecule has 0 aliphatic carbocycles. The molecule has 0 aliphatic heterocycles. The number of esters is 1. The Morgan fingerprint density at radius 1 is 1.15 bits per heavy atom. The molecule has 3 aromatic rings. The fraction of sp³-hybridized carbons (Fsp3) is 0.211. The third kappa shape index (κ3) is 3.83. The summed E-state index contributed by atoms with van der Waals surface area (Å²) in [5.74, 6) is 0.838. The maximum Gasteiger partial charge on any atom is 0.340 e. The number of thiazole rings is 1. The first kappa shape index (κ1) is 17.9. The van der Waals surface area contributed by atoms with E-state index in [9.17, 15) is 4.79 Å². The van der Waals surface area contributed by atoms with Crippen LogP contribution in [0, 0.1) is 6.92 Å². The Labute approximate surface area is 155 Å². The topological polar surface area (TPSA) is 70.5 Å². The first-order valence-electron chi connectivity index (χ1n) is 7.88. The molecule has 2 aromatic heterocycles. The van der Waals surface area contributed by atoms with Crippen molar-refractivity contribution in [2.75, 3.05) is 14.2 Å². The number of aromatic nitrogens is 2. The zero-order valence-corrected chi connectivity index (χ0v) is 15.5. The van der Waals surface area contributed by atoms with Gasteiger partial charge < -0.3 is 14.2 Å². The van der Waals surface area contributed by atoms with Gasteiger partial charge in [0, 0.05) is 17.3 Å². The summed E-state index contributed by atoms with van der Waals surface area (Å²) in [6, 6.07) is 9.08. The molecule has 0 amide bonds. The summed E-state index contributed by atoms with van der Waals surface area (Å²) in [4.78, 5) is 20.7. The van der Waals surface area contributed by atoms with E-state index in [0.29, 0.717) is 22.8 Å². The van der Waals surface area contributed by atoms with Gasteiger partial charge in [0.15, 0.2) is 11.5 Å². The van der Waals surface area contributed by atoms with Crippen molar-refractivity contribution in [2.24, 2.45) is 0 Å². The SMILES string of the molecule is COc1cccc(-c2nc(COC(=O)c3ccc(C)nc3)cs2)c1OC. The molecule has 0 saturated heterocycles. The zero-order chi connectivity index (χ0) is 18.5. The molecule has 0 radical (unpaired) electrons. The molecular formula is C19H18N2O4S. The molecule has 0 N–H and O–H groups in total. The summed E-state index contributed by atoms with van der Waals surface area (Å²) >= 11 is 1.45. The third-order valence-corrected chi connectivity index (χ3v) is 4.61. The van der Waals surface area contributed by atoms with Crippen LogP contribution in [-0.2, 0) is 11.3 Å². The maximum atomic E-state index is 12.1. The fourth-order valence-corrected chi connectivity index (χ4v) is 3.19. The van der Waals surface area contributed by atoms with Crippen molar-refractivity contribution in [3.8, 4) is 22.1 Å². The lowest BCUT2D eigenvalue weighted by Crippen LogP contribution is -2.06. The molecule has 0 bridgehead atoms. The lowest BCUT2D eigenvalue weighted by Gasteiger charge is -2.10. The highest BCUT2D eigenvalue weighted by Gasteiger charge is 2.15. The van der Waals surface area contributed by atoms with Gasteiger partial charge in [0.05, 0.1) is 31.0 Å². The van der Waals surface area contributed by atoms with Crippen molar-refractivity contribution >= 4 is 17.3 Å². The second-order valence-corrected chi connectivity index (χ2v) is 6.31. The van der Waals surface area contributed by atoms with Crippen molar-refractivity contribution in [1.29, 1.82) is 0 Å². The molecular weight excluding hydrogens is 352 g/mol. The second kappa shape index (κ2) is 7.97. The molecule has 134 valence electrons. The predicted molar refractivity (Wildman–Crippen MR) is 98.7 cm³/mol. The summed E-state index contributed by atoms with van der Waals surface area (Å²) in [6.07, 6.45) is 1.51. The average molecular weight is 370 g/mol. The summed E-state index contributed by atoms with van der Waals surface area (Å²) in [6.45, 7) is 1.95. The molecule has 0 fully saturated rings. The van der Waals surface area contributed by atoms with Gasteiger partial charge in [0.1, 0.15) is 11.6 Å². The van der Waals surface area contributed by atoms with Gasteiger partial charge in [0.2, 0.25) is 0 Å². The first-order valence-corrected chi connectivity index (χ1v) is 8.76. The molecule has 0 unspecified atom stereocenters. The number of methoxy groups -OCH3 is 2. The lowest BCUT2D eigenvalue weighted by atomic mass is 10.2. The Hall–Kier alpha value is -2.93. The summed E-state index contributed by atoms with van der Waals surface area (Å²) in [5, 5.41) is 2.62. The van der Waals surface area contributed by atoms with E-state index >= 15 is 0 Å². The predicted octanol–water partition coefficient (Wildman–Crippen LogP) is 3.89. The standard InChI is InChI=1S/C19H18N2O4S/c1-12-7-8-13(9-20-12)19(22)25-10-14-11-26-18(21-14)15-5-4-6-16(23-2)17(15)24-3/h4-9,11H,10H2,1-3H3. The van der Waals surface area contributed by atoms with Crippen LogP contribution >= 0.6 is 11.3 Å². The van der Waals surface area contributed by atoms with Crippen LogP contribution in [0.4, 0.5) is 0 Å². The Balaban J connectivity index is 1.72. The van der Waals surface area contributed by atoms with Gasteiger partial charge in [-0.2, -0.15) is 0 Å². The number of aryl methyl sites for hydroxylation is 1. The fourth-order valence-electron chi connectivity index (χ4n) is 2.36. The number of benzene rings is 1. The highest BCUT2D eigenvalue weighted by molar-refractivity contribution is 7.13. The number of hydrogen-bond donors (Lipinski definition) is 0. The van der Waals surface area contributed by atoms with Crippen molar-refractivity contribution in [1.82, 2.24) is 9.97 Å². The number of pyridine rings is 1. The Morgan fingerprint density at radius 2 is 2.00 bits per heavy atom. The van der Waals surface area contributed by atoms with Gasteiger partial charge in [-0.15, -0.1) is 11.3 Å². The lowest BCUT2D eigenvalue weighted by molar-refractivity contribution is 0.0468. The van der Waals surface area contributed by atoms with Crippen LogP contribution in [-0.4, -0.2) is 30.2 Å². The van der Waals surface area contributed by atoms with E-state index in [4.69, 9.17) is 14.2 Å². The maximum absolute atomic E-state index is 12.1. The molecule has 1 aromatic carbocycles. The van der Waals surface area contributed by atoms with Crippen molar-refractivity contribution in [3.63, 3.8) is 0 Å². The molecule has 2 heterocycles. The van der Waals surface area contributed by atoms with Crippen LogP contribution < -0.4 is 9.47 Å². The molecule has 7 heteroatoms. The normalized spacial score (nSPS) is 10.4. The Bertz CT molecular complexity index is 906. The van der Waals surface area contributed by atoms with Crippen LogP contribution in [0.1, 0.15) is 21.7 Å². The van der Waals surface area contributed by atoms with Crippen molar-refractivity contribution < 1.29 is 19.0 Å². The van der Waals surface area contributed by atoms with Gasteiger partial charge in [-0.3, -0.25) is 4.98 Å². The van der Waals surface area contributed by atoms with E-state index in [1.54, 1.807) is 26.4 Å². The second-order valence-electron chi connectivity index (χ2n) is 5.45. The van der Waals surface area contributed by atoms with Gasteiger partial charge in [-0.1, -0.05) is 6.07 Å². The van der Waals surface area contributed by atoms with Gasteiger partial charge in [-0.25, -0.2) is 9.78 Å². The number of rotatable bonds is 6. The van der Waals surface area contributed by atoms with E-state index in [-0.39, 0.29) is 6.61 Å². The molecule has 3 rings (SSSR count). The molecule has 0 spiro atoms. The smallest absolute Gasteiger partial charge is 0.340 e. The van der Waals surface area contributed by atoms with Crippen LogP contribution in [0.15, 0.2) is 41.9 Å². The van der Waals surface area contributed by atoms with Crippen LogP contribution in [0.2, 0.25) is 0 Å². The minimum absolute atomic E-state index is 0.0928. The molecule has 0 aliphatic rings. The van der Waals surface area contributed by atoms with Crippen LogP contribution in [0.25, 0.3) is 10.6 Å². The van der Waals surface area contributed by atoms with Gasteiger partial charge in [0.25, 0.3) is 0 Å². The number of para-hydroxylation sites is 1. The average Bonchev–Trinajstić information content (AvgIpc) is 3.14. The van der Waals surface area contributed by atoms with Gasteiger partial charge in [-0.05, 0) is 31.2 Å². The minimum atomic E-state index is -0.425. The van der Waals surface area contributed by atoms with Crippen LogP contribution in [0.5, 0.6) is 11.5 Å². The van der Waals surface area contributed by atoms with Crippen LogP contribution in [0.3, 0.4) is 0 Å². The van der Waals surface area contributed by atoms with Crippen molar-refractivity contribution in [2.45, 2.75) is 13.5 Å². The molecule has 0 saturated carbocycles. The number of nitrogens with zero attached hydrogens (tertiary/aromatic N) is 2. The number of carbonyl (C=O) groups excluding carboxylic acids is 1. The molecule has 0 atom stereocenters.